The second-order valence-electron chi connectivity index (χ2n) is 6.35. The molecule has 2 aromatic rings. The maximum absolute atomic E-state index is 12.6. The highest BCUT2D eigenvalue weighted by Crippen LogP contribution is 2.28. The first-order chi connectivity index (χ1) is 13.6. The Kier molecular flexibility index (Phi) is 5.82. The van der Waals surface area contributed by atoms with Crippen molar-refractivity contribution in [2.24, 2.45) is 5.73 Å². The van der Waals surface area contributed by atoms with E-state index < -0.39 is 26.0 Å². The van der Waals surface area contributed by atoms with E-state index in [9.17, 15) is 21.6 Å². The maximum atomic E-state index is 12.6. The lowest BCUT2D eigenvalue weighted by Gasteiger charge is -2.16. The molecule has 1 heterocycles. The van der Waals surface area contributed by atoms with Gasteiger partial charge in [0, 0.05) is 19.2 Å². The number of methoxy groups -OCH3 is 1. The van der Waals surface area contributed by atoms with Crippen molar-refractivity contribution >= 4 is 26.0 Å². The van der Waals surface area contributed by atoms with Crippen molar-refractivity contribution in [3.05, 3.63) is 48.0 Å². The first-order valence-electron chi connectivity index (χ1n) is 8.68. The Hall–Kier alpha value is -2.63. The van der Waals surface area contributed by atoms with Crippen LogP contribution in [0.2, 0.25) is 0 Å². The van der Waals surface area contributed by atoms with Crippen LogP contribution < -0.4 is 14.7 Å². The van der Waals surface area contributed by atoms with E-state index in [0.717, 1.165) is 25.0 Å². The Morgan fingerprint density at radius 2 is 1.55 bits per heavy atom. The Morgan fingerprint density at radius 1 is 0.966 bits per heavy atom. The number of rotatable bonds is 7. The average Bonchev–Trinajstić information content (AvgIpc) is 3.23. The van der Waals surface area contributed by atoms with Crippen LogP contribution in [-0.4, -0.2) is 47.2 Å². The van der Waals surface area contributed by atoms with E-state index in [-0.39, 0.29) is 26.9 Å². The van der Waals surface area contributed by atoms with Crippen molar-refractivity contribution in [2.45, 2.75) is 22.6 Å². The lowest BCUT2D eigenvalue weighted by Crippen LogP contribution is -2.27. The molecule has 156 valence electrons. The maximum Gasteiger partial charge on any atom is 0.339 e. The van der Waals surface area contributed by atoms with Gasteiger partial charge in [-0.15, -0.1) is 0 Å². The lowest BCUT2D eigenvalue weighted by atomic mass is 10.2. The SMILES string of the molecule is COc1ccc(C(N)=O)c(OS(=O)(=O)c2ccc(S(=O)(=O)N3CCCC3)cc2)c1. The number of benzene rings is 2. The Morgan fingerprint density at radius 3 is 2.10 bits per heavy atom. The highest BCUT2D eigenvalue weighted by atomic mass is 32.2. The van der Waals surface area contributed by atoms with Crippen LogP contribution in [0.15, 0.2) is 52.3 Å². The Bertz CT molecular complexity index is 1120. The number of ether oxygens (including phenoxy) is 1. The van der Waals surface area contributed by atoms with Gasteiger partial charge in [0.2, 0.25) is 10.0 Å². The highest BCUT2D eigenvalue weighted by Gasteiger charge is 2.28. The van der Waals surface area contributed by atoms with E-state index in [2.05, 4.69) is 0 Å². The molecule has 1 amide bonds. The summed E-state index contributed by atoms with van der Waals surface area (Å²) in [5.41, 5.74) is 5.13. The molecule has 0 atom stereocenters. The largest absolute Gasteiger partial charge is 0.497 e. The third-order valence-corrected chi connectivity index (χ3v) is 7.63. The van der Waals surface area contributed by atoms with Crippen LogP contribution in [0.4, 0.5) is 0 Å². The fourth-order valence-corrected chi connectivity index (χ4v) is 5.38. The van der Waals surface area contributed by atoms with Gasteiger partial charge in [-0.1, -0.05) is 0 Å². The van der Waals surface area contributed by atoms with Gasteiger partial charge in [-0.05, 0) is 49.2 Å². The van der Waals surface area contributed by atoms with Crippen molar-refractivity contribution < 1.29 is 30.6 Å². The topological polar surface area (TPSA) is 133 Å². The monoisotopic (exact) mass is 440 g/mol. The fraction of sp³-hybridized carbons (Fsp3) is 0.278. The van der Waals surface area contributed by atoms with Crippen LogP contribution in [0.5, 0.6) is 11.5 Å². The van der Waals surface area contributed by atoms with Crippen LogP contribution in [0, 0.1) is 0 Å². The molecule has 1 fully saturated rings. The van der Waals surface area contributed by atoms with E-state index in [0.29, 0.717) is 13.1 Å². The predicted octanol–water partition coefficient (Wildman–Crippen LogP) is 1.35. The minimum atomic E-state index is -4.35. The summed E-state index contributed by atoms with van der Waals surface area (Å²) >= 11 is 0. The van der Waals surface area contributed by atoms with Gasteiger partial charge in [-0.25, -0.2) is 8.42 Å². The van der Waals surface area contributed by atoms with Gasteiger partial charge in [0.05, 0.1) is 17.6 Å². The molecule has 3 rings (SSSR count). The summed E-state index contributed by atoms with van der Waals surface area (Å²) in [7, 11) is -6.64. The number of carbonyl (C=O) groups excluding carboxylic acids is 1. The smallest absolute Gasteiger partial charge is 0.339 e. The number of primary amides is 1. The van der Waals surface area contributed by atoms with Gasteiger partial charge < -0.3 is 14.7 Å². The molecule has 1 aliphatic heterocycles. The molecule has 29 heavy (non-hydrogen) atoms. The number of nitrogens with zero attached hydrogens (tertiary/aromatic N) is 1. The molecule has 0 spiro atoms. The molecule has 0 saturated carbocycles. The van der Waals surface area contributed by atoms with E-state index in [1.54, 1.807) is 0 Å². The zero-order valence-electron chi connectivity index (χ0n) is 15.6. The molecule has 0 aliphatic carbocycles. The molecule has 2 N–H and O–H groups in total. The first kappa shape index (κ1) is 21.1. The average molecular weight is 440 g/mol. The lowest BCUT2D eigenvalue weighted by molar-refractivity contribution is 0.0999. The van der Waals surface area contributed by atoms with Crippen molar-refractivity contribution in [3.8, 4) is 11.5 Å². The van der Waals surface area contributed by atoms with Gasteiger partial charge >= 0.3 is 10.1 Å². The normalized spacial score (nSPS) is 15.2. The molecular formula is C18H20N2O7S2. The number of hydrogen-bond donors (Lipinski definition) is 1. The predicted molar refractivity (Wildman–Crippen MR) is 104 cm³/mol. The molecule has 0 bridgehead atoms. The van der Waals surface area contributed by atoms with Crippen molar-refractivity contribution in [2.75, 3.05) is 20.2 Å². The molecule has 0 aromatic heterocycles. The number of sulfonamides is 1. The molecule has 1 saturated heterocycles. The molecule has 0 radical (unpaired) electrons. The summed E-state index contributed by atoms with van der Waals surface area (Å²) in [6.45, 7) is 0.883. The van der Waals surface area contributed by atoms with Crippen LogP contribution in [0.1, 0.15) is 23.2 Å². The fourth-order valence-electron chi connectivity index (χ4n) is 2.92. The molecule has 0 unspecified atom stereocenters. The summed E-state index contributed by atoms with van der Waals surface area (Å²) in [6.07, 6.45) is 1.59. The van der Waals surface area contributed by atoms with Crippen molar-refractivity contribution in [1.82, 2.24) is 4.31 Å². The second kappa shape index (κ2) is 8.01. The number of nitrogens with two attached hydrogens (primary N) is 1. The molecule has 1 aliphatic rings. The van der Waals surface area contributed by atoms with Crippen LogP contribution in [-0.2, 0) is 20.1 Å². The molecular weight excluding hydrogens is 420 g/mol. The Labute approximate surface area is 169 Å². The van der Waals surface area contributed by atoms with Crippen LogP contribution in [0.3, 0.4) is 0 Å². The van der Waals surface area contributed by atoms with E-state index >= 15 is 0 Å². The van der Waals surface area contributed by atoms with Gasteiger partial charge in [0.1, 0.15) is 10.6 Å². The first-order valence-corrected chi connectivity index (χ1v) is 11.5. The second-order valence-corrected chi connectivity index (χ2v) is 9.83. The van der Waals surface area contributed by atoms with Crippen LogP contribution >= 0.6 is 0 Å². The molecule has 11 heteroatoms. The van der Waals surface area contributed by atoms with Gasteiger partial charge in [0.15, 0.2) is 5.75 Å². The van der Waals surface area contributed by atoms with Crippen molar-refractivity contribution in [1.29, 1.82) is 0 Å². The minimum Gasteiger partial charge on any atom is -0.497 e. The summed E-state index contributed by atoms with van der Waals surface area (Å²) < 4.78 is 61.8. The van der Waals surface area contributed by atoms with E-state index in [1.165, 1.54) is 41.7 Å². The van der Waals surface area contributed by atoms with Gasteiger partial charge in [-0.3, -0.25) is 4.79 Å². The third kappa shape index (κ3) is 4.36. The summed E-state index contributed by atoms with van der Waals surface area (Å²) in [6, 6.07) is 8.67. The number of hydrogen-bond acceptors (Lipinski definition) is 7. The molecule has 2 aromatic carbocycles. The van der Waals surface area contributed by atoms with Gasteiger partial charge in [-0.2, -0.15) is 12.7 Å². The number of carbonyl (C=O) groups is 1. The van der Waals surface area contributed by atoms with E-state index in [1.807, 2.05) is 0 Å². The molecule has 9 nitrogen and oxygen atoms in total. The zero-order valence-corrected chi connectivity index (χ0v) is 17.2. The zero-order chi connectivity index (χ0) is 21.2. The summed E-state index contributed by atoms with van der Waals surface area (Å²) in [5, 5.41) is 0. The minimum absolute atomic E-state index is 0.00226. The van der Waals surface area contributed by atoms with Gasteiger partial charge in [0.25, 0.3) is 5.91 Å². The summed E-state index contributed by atoms with van der Waals surface area (Å²) in [4.78, 5) is 11.3. The number of amides is 1. The summed E-state index contributed by atoms with van der Waals surface area (Å²) in [5.74, 6) is -0.886. The van der Waals surface area contributed by atoms with Crippen molar-refractivity contribution in [3.63, 3.8) is 0 Å². The standard InChI is InChI=1S/C18H20N2O7S2/c1-26-13-4-9-16(18(19)21)17(12-13)27-29(24,25)15-7-5-14(6-8-15)28(22,23)20-10-2-3-11-20/h4-9,12H,2-3,10-11H2,1H3,(H2,19,21). The third-order valence-electron chi connectivity index (χ3n) is 4.47. The highest BCUT2D eigenvalue weighted by molar-refractivity contribution is 7.89. The quantitative estimate of drug-likeness (QED) is 0.642. The Balaban J connectivity index is 1.90. The van der Waals surface area contributed by atoms with Crippen LogP contribution in [0.25, 0.3) is 0 Å². The van der Waals surface area contributed by atoms with E-state index in [4.69, 9.17) is 14.7 Å².